The van der Waals surface area contributed by atoms with Gasteiger partial charge in [-0.3, -0.25) is 4.79 Å². The molecule has 0 heterocycles. The van der Waals surface area contributed by atoms with Gasteiger partial charge in [0.15, 0.2) is 0 Å². The first-order valence-electron chi connectivity index (χ1n) is 7.59. The molecule has 0 radical (unpaired) electrons. The van der Waals surface area contributed by atoms with Crippen LogP contribution in [0, 0.1) is 5.92 Å². The molecule has 1 aliphatic rings. The van der Waals surface area contributed by atoms with Crippen molar-refractivity contribution in [3.63, 3.8) is 0 Å². The quantitative estimate of drug-likeness (QED) is 0.897. The fraction of sp³-hybridized carbons (Fsp3) is 0.588. The number of aryl methyl sites for hydroxylation is 1. The number of amides is 1. The molecule has 1 aromatic carbocycles. The van der Waals surface area contributed by atoms with Crippen LogP contribution in [0.1, 0.15) is 51.2 Å². The van der Waals surface area contributed by atoms with Gasteiger partial charge in [-0.05, 0) is 50.7 Å². The van der Waals surface area contributed by atoms with Crippen molar-refractivity contribution in [2.45, 2.75) is 58.0 Å². The zero-order valence-electron chi connectivity index (χ0n) is 13.2. The molecule has 2 atom stereocenters. The number of carbonyl (C=O) groups excluding carboxylic acids is 1. The van der Waals surface area contributed by atoms with Gasteiger partial charge in [-0.2, -0.15) is 0 Å². The van der Waals surface area contributed by atoms with Gasteiger partial charge in [0.1, 0.15) is 0 Å². The Bertz CT molecular complexity index is 470. The van der Waals surface area contributed by atoms with Crippen molar-refractivity contribution >= 4 is 18.3 Å². The molecule has 21 heavy (non-hydrogen) atoms. The van der Waals surface area contributed by atoms with E-state index in [9.17, 15) is 4.79 Å². The number of nitrogens with one attached hydrogen (secondary N) is 1. The van der Waals surface area contributed by atoms with Crippen LogP contribution in [-0.4, -0.2) is 11.9 Å². The Labute approximate surface area is 134 Å². The molecular formula is C17H27ClN2O. The van der Waals surface area contributed by atoms with Gasteiger partial charge >= 0.3 is 0 Å². The maximum atomic E-state index is 12.3. The van der Waals surface area contributed by atoms with Gasteiger partial charge in [0.25, 0.3) is 0 Å². The van der Waals surface area contributed by atoms with Crippen LogP contribution in [0.4, 0.5) is 0 Å². The fourth-order valence-electron chi connectivity index (χ4n) is 2.89. The summed E-state index contributed by atoms with van der Waals surface area (Å²) in [7, 11) is 0. The third-order valence-corrected chi connectivity index (χ3v) is 4.36. The van der Waals surface area contributed by atoms with E-state index in [2.05, 4.69) is 50.4 Å². The summed E-state index contributed by atoms with van der Waals surface area (Å²) in [4.78, 5) is 12.3. The van der Waals surface area contributed by atoms with E-state index in [1.165, 1.54) is 5.56 Å². The Hall–Kier alpha value is -1.06. The number of rotatable bonds is 4. The maximum Gasteiger partial charge on any atom is 0.223 e. The lowest BCUT2D eigenvalue weighted by molar-refractivity contribution is -0.126. The van der Waals surface area contributed by atoms with Gasteiger partial charge in [0.05, 0.1) is 5.54 Å². The fourth-order valence-corrected chi connectivity index (χ4v) is 2.89. The predicted molar refractivity (Wildman–Crippen MR) is 89.6 cm³/mol. The number of hydrogen-bond acceptors (Lipinski definition) is 2. The second-order valence-electron chi connectivity index (χ2n) is 6.43. The van der Waals surface area contributed by atoms with Gasteiger partial charge in [0, 0.05) is 12.0 Å². The molecule has 3 nitrogen and oxygen atoms in total. The average Bonchev–Trinajstić information content (AvgIpc) is 2.85. The van der Waals surface area contributed by atoms with Gasteiger partial charge < -0.3 is 11.1 Å². The van der Waals surface area contributed by atoms with Crippen LogP contribution in [0.2, 0.25) is 0 Å². The van der Waals surface area contributed by atoms with Crippen LogP contribution >= 0.6 is 12.4 Å². The number of halogens is 1. The van der Waals surface area contributed by atoms with Crippen LogP contribution in [-0.2, 0) is 16.8 Å². The largest absolute Gasteiger partial charge is 0.347 e. The third-order valence-electron chi connectivity index (χ3n) is 4.36. The van der Waals surface area contributed by atoms with E-state index in [1.54, 1.807) is 0 Å². The number of hydrogen-bond donors (Lipinski definition) is 2. The molecule has 1 aliphatic carbocycles. The number of nitrogens with two attached hydrogens (primary N) is 1. The Morgan fingerprint density at radius 1 is 1.29 bits per heavy atom. The molecule has 1 amide bonds. The highest BCUT2D eigenvalue weighted by molar-refractivity contribution is 5.85. The van der Waals surface area contributed by atoms with Crippen molar-refractivity contribution in [3.05, 3.63) is 35.4 Å². The van der Waals surface area contributed by atoms with Crippen molar-refractivity contribution in [1.82, 2.24) is 5.32 Å². The van der Waals surface area contributed by atoms with E-state index in [1.807, 2.05) is 0 Å². The Morgan fingerprint density at radius 3 is 2.38 bits per heavy atom. The standard InChI is InChI=1S/C17H26N2O.ClH/c1-4-12-5-8-14(9-6-12)17(2,3)19-16(20)13-7-10-15(18)11-13;/h5-6,8-9,13,15H,4,7,10-11,18H2,1-3H3,(H,19,20);1H. The molecule has 2 unspecified atom stereocenters. The van der Waals surface area contributed by atoms with Gasteiger partial charge in [-0.15, -0.1) is 12.4 Å². The van der Waals surface area contributed by atoms with Gasteiger partial charge in [0.2, 0.25) is 5.91 Å². The molecule has 0 aliphatic heterocycles. The summed E-state index contributed by atoms with van der Waals surface area (Å²) in [5, 5.41) is 3.18. The molecule has 0 bridgehead atoms. The summed E-state index contributed by atoms with van der Waals surface area (Å²) in [6.07, 6.45) is 3.73. The monoisotopic (exact) mass is 310 g/mol. The Kier molecular flexibility index (Phi) is 6.24. The lowest BCUT2D eigenvalue weighted by atomic mass is 9.92. The Morgan fingerprint density at radius 2 is 1.90 bits per heavy atom. The molecule has 118 valence electrons. The number of carbonyl (C=O) groups is 1. The van der Waals surface area contributed by atoms with E-state index in [0.29, 0.717) is 0 Å². The molecule has 4 heteroatoms. The van der Waals surface area contributed by atoms with E-state index >= 15 is 0 Å². The zero-order valence-corrected chi connectivity index (χ0v) is 14.0. The van der Waals surface area contributed by atoms with Crippen LogP contribution in [0.3, 0.4) is 0 Å². The van der Waals surface area contributed by atoms with Crippen LogP contribution in [0.5, 0.6) is 0 Å². The summed E-state index contributed by atoms with van der Waals surface area (Å²) in [5.74, 6) is 0.224. The lowest BCUT2D eigenvalue weighted by Crippen LogP contribution is -2.43. The summed E-state index contributed by atoms with van der Waals surface area (Å²) in [6.45, 7) is 6.26. The molecule has 2 rings (SSSR count). The van der Waals surface area contributed by atoms with E-state index in [4.69, 9.17) is 5.73 Å². The molecule has 3 N–H and O–H groups in total. The molecule has 0 saturated heterocycles. The van der Waals surface area contributed by atoms with E-state index in [0.717, 1.165) is 31.2 Å². The molecule has 0 aromatic heterocycles. The van der Waals surface area contributed by atoms with Crippen molar-refractivity contribution in [2.75, 3.05) is 0 Å². The second-order valence-corrected chi connectivity index (χ2v) is 6.43. The highest BCUT2D eigenvalue weighted by atomic mass is 35.5. The normalized spacial score (nSPS) is 21.7. The minimum Gasteiger partial charge on any atom is -0.347 e. The Balaban J connectivity index is 0.00000220. The summed E-state index contributed by atoms with van der Waals surface area (Å²) in [6, 6.07) is 8.68. The minimum absolute atomic E-state index is 0. The maximum absolute atomic E-state index is 12.3. The lowest BCUT2D eigenvalue weighted by Gasteiger charge is -2.28. The highest BCUT2D eigenvalue weighted by Crippen LogP contribution is 2.27. The topological polar surface area (TPSA) is 55.1 Å². The smallest absolute Gasteiger partial charge is 0.223 e. The summed E-state index contributed by atoms with van der Waals surface area (Å²) >= 11 is 0. The van der Waals surface area contributed by atoms with Gasteiger partial charge in [-0.1, -0.05) is 31.2 Å². The van der Waals surface area contributed by atoms with E-state index < -0.39 is 0 Å². The third kappa shape index (κ3) is 4.45. The summed E-state index contributed by atoms with van der Waals surface area (Å²) < 4.78 is 0. The average molecular weight is 311 g/mol. The van der Waals surface area contributed by atoms with Crippen molar-refractivity contribution < 1.29 is 4.79 Å². The first-order chi connectivity index (χ1) is 9.42. The van der Waals surface area contributed by atoms with E-state index in [-0.39, 0.29) is 35.8 Å². The van der Waals surface area contributed by atoms with Crippen LogP contribution in [0.25, 0.3) is 0 Å². The number of benzene rings is 1. The molecule has 1 aromatic rings. The van der Waals surface area contributed by atoms with Gasteiger partial charge in [-0.25, -0.2) is 0 Å². The van der Waals surface area contributed by atoms with Crippen LogP contribution in [0.15, 0.2) is 24.3 Å². The summed E-state index contributed by atoms with van der Waals surface area (Å²) in [5.41, 5.74) is 8.01. The highest BCUT2D eigenvalue weighted by Gasteiger charge is 2.31. The molecule has 1 saturated carbocycles. The second kappa shape index (κ2) is 7.28. The zero-order chi connectivity index (χ0) is 14.8. The first kappa shape index (κ1) is 18.0. The van der Waals surface area contributed by atoms with Crippen LogP contribution < -0.4 is 11.1 Å². The van der Waals surface area contributed by atoms with Crippen molar-refractivity contribution in [1.29, 1.82) is 0 Å². The SMILES string of the molecule is CCc1ccc(C(C)(C)NC(=O)C2CCC(N)C2)cc1.Cl. The first-order valence-corrected chi connectivity index (χ1v) is 7.59. The molecule has 0 spiro atoms. The predicted octanol–water partition coefficient (Wildman–Crippen LogP) is 3.15. The molecule has 1 fully saturated rings. The van der Waals surface area contributed by atoms with Crippen molar-refractivity contribution in [3.8, 4) is 0 Å². The minimum atomic E-state index is -0.337. The van der Waals surface area contributed by atoms with Crippen molar-refractivity contribution in [2.24, 2.45) is 11.7 Å². The molecular weight excluding hydrogens is 284 g/mol.